The first kappa shape index (κ1) is 22.4. The number of benzene rings is 3. The number of halogens is 2. The lowest BCUT2D eigenvalue weighted by Gasteiger charge is -2.36. The second-order valence-corrected chi connectivity index (χ2v) is 9.17. The summed E-state index contributed by atoms with van der Waals surface area (Å²) in [6.45, 7) is 3.23. The van der Waals surface area contributed by atoms with E-state index in [2.05, 4.69) is 9.47 Å². The number of para-hydroxylation sites is 2. The van der Waals surface area contributed by atoms with E-state index in [9.17, 15) is 13.6 Å². The van der Waals surface area contributed by atoms with Gasteiger partial charge in [0.1, 0.15) is 11.6 Å². The Morgan fingerprint density at radius 1 is 0.853 bits per heavy atom. The number of thioether (sulfide) groups is 1. The van der Waals surface area contributed by atoms with Crippen LogP contribution in [0.3, 0.4) is 0 Å². The van der Waals surface area contributed by atoms with E-state index < -0.39 is 0 Å². The molecule has 1 aliphatic rings. The third kappa shape index (κ3) is 4.92. The van der Waals surface area contributed by atoms with Gasteiger partial charge in [-0.3, -0.25) is 4.79 Å². The summed E-state index contributed by atoms with van der Waals surface area (Å²) in [5.74, 6) is -0.147. The van der Waals surface area contributed by atoms with Gasteiger partial charge in [0.15, 0.2) is 5.16 Å². The minimum Gasteiger partial charge on any atom is -0.368 e. The molecule has 1 aromatic heterocycles. The maximum atomic E-state index is 13.3. The van der Waals surface area contributed by atoms with Gasteiger partial charge in [-0.2, -0.15) is 0 Å². The minimum absolute atomic E-state index is 0.0733. The van der Waals surface area contributed by atoms with Gasteiger partial charge in [-0.25, -0.2) is 13.8 Å². The Balaban J connectivity index is 1.24. The molecule has 8 heteroatoms. The molecule has 0 N–H and O–H groups in total. The predicted molar refractivity (Wildman–Crippen MR) is 131 cm³/mol. The molecule has 1 amide bonds. The summed E-state index contributed by atoms with van der Waals surface area (Å²) in [6, 6.07) is 20.8. The van der Waals surface area contributed by atoms with Gasteiger partial charge in [0.25, 0.3) is 0 Å². The van der Waals surface area contributed by atoms with Gasteiger partial charge < -0.3 is 14.4 Å². The molecule has 3 aromatic carbocycles. The first-order valence-electron chi connectivity index (χ1n) is 11.2. The lowest BCUT2D eigenvalue weighted by Crippen LogP contribution is -2.49. The van der Waals surface area contributed by atoms with Crippen molar-refractivity contribution in [3.63, 3.8) is 0 Å². The lowest BCUT2D eigenvalue weighted by molar-refractivity contribution is -0.128. The van der Waals surface area contributed by atoms with E-state index in [0.29, 0.717) is 38.5 Å². The second-order valence-electron chi connectivity index (χ2n) is 8.23. The molecule has 4 aromatic rings. The monoisotopic (exact) mass is 478 g/mol. The van der Waals surface area contributed by atoms with Crippen LogP contribution < -0.4 is 4.90 Å². The molecular weight excluding hydrogens is 454 g/mol. The third-order valence-corrected chi connectivity index (χ3v) is 6.98. The topological polar surface area (TPSA) is 41.4 Å². The summed E-state index contributed by atoms with van der Waals surface area (Å²) in [4.78, 5) is 21.7. The summed E-state index contributed by atoms with van der Waals surface area (Å²) in [6.07, 6.45) is 0. The highest BCUT2D eigenvalue weighted by Crippen LogP contribution is 2.26. The first-order valence-corrected chi connectivity index (χ1v) is 12.2. The SMILES string of the molecule is O=C(CSc1nc2ccccc2n1Cc1ccc(F)cc1)N1CCN(c2ccc(F)cc2)CC1. The number of anilines is 1. The minimum atomic E-state index is -0.265. The molecule has 1 aliphatic heterocycles. The normalized spacial score (nSPS) is 14.1. The Kier molecular flexibility index (Phi) is 6.49. The molecule has 2 heterocycles. The fourth-order valence-electron chi connectivity index (χ4n) is 4.17. The zero-order valence-electron chi connectivity index (χ0n) is 18.5. The highest BCUT2D eigenvalue weighted by atomic mass is 32.2. The number of fused-ring (bicyclic) bond motifs is 1. The molecule has 0 aliphatic carbocycles. The molecular formula is C26H24F2N4OS. The first-order chi connectivity index (χ1) is 16.6. The number of rotatable bonds is 6. The van der Waals surface area contributed by atoms with E-state index >= 15 is 0 Å². The predicted octanol–water partition coefficient (Wildman–Crippen LogP) is 4.80. The van der Waals surface area contributed by atoms with E-state index in [1.807, 2.05) is 29.2 Å². The highest BCUT2D eigenvalue weighted by Gasteiger charge is 2.22. The molecule has 0 atom stereocenters. The van der Waals surface area contributed by atoms with Gasteiger partial charge in [0.05, 0.1) is 23.3 Å². The van der Waals surface area contributed by atoms with E-state index in [-0.39, 0.29) is 17.5 Å². The molecule has 1 fully saturated rings. The van der Waals surface area contributed by atoms with Crippen molar-refractivity contribution in [2.24, 2.45) is 0 Å². The molecule has 34 heavy (non-hydrogen) atoms. The van der Waals surface area contributed by atoms with Gasteiger partial charge in [-0.1, -0.05) is 36.0 Å². The van der Waals surface area contributed by atoms with Crippen LogP contribution in [-0.2, 0) is 11.3 Å². The molecule has 1 saturated heterocycles. The van der Waals surface area contributed by atoms with Crippen LogP contribution in [0.4, 0.5) is 14.5 Å². The summed E-state index contributed by atoms with van der Waals surface area (Å²) < 4.78 is 28.6. The Bertz CT molecular complexity index is 1280. The number of hydrogen-bond acceptors (Lipinski definition) is 4. The van der Waals surface area contributed by atoms with Crippen LogP contribution in [0.2, 0.25) is 0 Å². The van der Waals surface area contributed by atoms with Gasteiger partial charge in [0.2, 0.25) is 5.91 Å². The summed E-state index contributed by atoms with van der Waals surface area (Å²) in [7, 11) is 0. The lowest BCUT2D eigenvalue weighted by atomic mass is 10.2. The number of amides is 1. The van der Waals surface area contributed by atoms with Crippen molar-refractivity contribution >= 4 is 34.4 Å². The molecule has 5 nitrogen and oxygen atoms in total. The van der Waals surface area contributed by atoms with Crippen LogP contribution in [0.25, 0.3) is 11.0 Å². The molecule has 0 saturated carbocycles. The van der Waals surface area contributed by atoms with Gasteiger partial charge in [-0.05, 0) is 54.1 Å². The Hall–Kier alpha value is -3.39. The average Bonchev–Trinajstić information content (AvgIpc) is 3.22. The van der Waals surface area contributed by atoms with Crippen molar-refractivity contribution in [3.8, 4) is 0 Å². The average molecular weight is 479 g/mol. The van der Waals surface area contributed by atoms with E-state index in [4.69, 9.17) is 4.98 Å². The Labute approximate surface area is 201 Å². The smallest absolute Gasteiger partial charge is 0.233 e. The van der Waals surface area contributed by atoms with E-state index in [1.165, 1.54) is 36.0 Å². The third-order valence-electron chi connectivity index (χ3n) is 6.02. The zero-order valence-corrected chi connectivity index (χ0v) is 19.3. The second kappa shape index (κ2) is 9.85. The van der Waals surface area contributed by atoms with Crippen molar-refractivity contribution in [2.45, 2.75) is 11.7 Å². The van der Waals surface area contributed by atoms with Crippen molar-refractivity contribution in [1.29, 1.82) is 0 Å². The van der Waals surface area contributed by atoms with E-state index in [0.717, 1.165) is 27.4 Å². The molecule has 5 rings (SSSR count). The molecule has 0 unspecified atom stereocenters. The number of carbonyl (C=O) groups excluding carboxylic acids is 1. The maximum Gasteiger partial charge on any atom is 0.233 e. The van der Waals surface area contributed by atoms with Crippen molar-refractivity contribution < 1.29 is 13.6 Å². The number of carbonyl (C=O) groups is 1. The summed E-state index contributed by atoms with van der Waals surface area (Å²) in [5, 5.41) is 0.767. The van der Waals surface area contributed by atoms with Crippen LogP contribution in [0.1, 0.15) is 5.56 Å². The quantitative estimate of drug-likeness (QED) is 0.373. The number of aromatic nitrogens is 2. The largest absolute Gasteiger partial charge is 0.368 e. The Morgan fingerprint density at radius 2 is 1.50 bits per heavy atom. The number of nitrogens with zero attached hydrogens (tertiary/aromatic N) is 4. The standard InChI is InChI=1S/C26H24F2N4OS/c27-20-7-5-19(6-8-20)17-32-24-4-2-1-3-23(24)29-26(32)34-18-25(33)31-15-13-30(14-16-31)22-11-9-21(28)10-12-22/h1-12H,13-18H2. The van der Waals surface area contributed by atoms with Crippen LogP contribution in [0.15, 0.2) is 78.0 Å². The fourth-order valence-corrected chi connectivity index (χ4v) is 5.09. The molecule has 0 spiro atoms. The van der Waals surface area contributed by atoms with Crippen LogP contribution in [-0.4, -0.2) is 52.3 Å². The molecule has 0 radical (unpaired) electrons. The number of imidazole rings is 1. The highest BCUT2D eigenvalue weighted by molar-refractivity contribution is 7.99. The van der Waals surface area contributed by atoms with Crippen molar-refractivity contribution in [1.82, 2.24) is 14.5 Å². The van der Waals surface area contributed by atoms with Crippen molar-refractivity contribution in [2.75, 3.05) is 36.8 Å². The van der Waals surface area contributed by atoms with E-state index in [1.54, 1.807) is 24.3 Å². The number of hydrogen-bond donors (Lipinski definition) is 0. The van der Waals surface area contributed by atoms with Crippen LogP contribution >= 0.6 is 11.8 Å². The molecule has 174 valence electrons. The summed E-state index contributed by atoms with van der Waals surface area (Å²) in [5.41, 5.74) is 3.79. The van der Waals surface area contributed by atoms with Crippen LogP contribution in [0.5, 0.6) is 0 Å². The number of piperazine rings is 1. The van der Waals surface area contributed by atoms with Crippen LogP contribution in [0, 0.1) is 11.6 Å². The van der Waals surface area contributed by atoms with Gasteiger partial charge >= 0.3 is 0 Å². The van der Waals surface area contributed by atoms with Gasteiger partial charge in [0, 0.05) is 31.9 Å². The molecule has 0 bridgehead atoms. The maximum absolute atomic E-state index is 13.3. The van der Waals surface area contributed by atoms with Crippen molar-refractivity contribution in [3.05, 3.63) is 90.0 Å². The Morgan fingerprint density at radius 3 is 2.21 bits per heavy atom. The van der Waals surface area contributed by atoms with Gasteiger partial charge in [-0.15, -0.1) is 0 Å². The fraction of sp³-hybridized carbons (Fsp3) is 0.231. The zero-order chi connectivity index (χ0) is 23.5. The summed E-state index contributed by atoms with van der Waals surface area (Å²) >= 11 is 1.43.